The van der Waals surface area contributed by atoms with E-state index < -0.39 is 17.3 Å². The molecule has 0 amide bonds. The van der Waals surface area contributed by atoms with Crippen LogP contribution in [0.15, 0.2) is 88.6 Å². The molecule has 3 N–H and O–H groups in total. The molecule has 0 aliphatic heterocycles. The Morgan fingerprint density at radius 3 is 2.58 bits per heavy atom. The van der Waals surface area contributed by atoms with Crippen molar-refractivity contribution < 1.29 is 19.1 Å². The van der Waals surface area contributed by atoms with Crippen LogP contribution in [0, 0.1) is 0 Å². The predicted molar refractivity (Wildman–Crippen MR) is 194 cm³/mol. The molecule has 8 nitrogen and oxygen atoms in total. The van der Waals surface area contributed by atoms with Crippen LogP contribution in [0.25, 0.3) is 10.9 Å². The number of rotatable bonds is 20. The number of H-pyrrole nitrogens is 1. The normalized spacial score (nSPS) is 14.9. The molecule has 4 aromatic rings. The van der Waals surface area contributed by atoms with Crippen molar-refractivity contribution in [1.29, 1.82) is 0 Å². The van der Waals surface area contributed by atoms with Crippen molar-refractivity contribution >= 4 is 22.1 Å². The fourth-order valence-electron chi connectivity index (χ4n) is 6.33. The Kier molecular flexibility index (Phi) is 14.4. The van der Waals surface area contributed by atoms with Gasteiger partial charge in [-0.05, 0) is 104 Å². The molecule has 1 aromatic heterocycles. The zero-order valence-corrected chi connectivity index (χ0v) is 29.0. The lowest BCUT2D eigenvalue weighted by atomic mass is 10.0. The standard InChI is InChI=1S/C39H51N3O5S/c1-42(28-31-14-11-17-33(26-31)48(45)32-15-7-8-16-32)23-25-46-24-10-3-2-9-22-40-27-36(43)34-18-20-37(39-35(34)19-21-38(44)41-39)47-29-30-12-5-4-6-13-30/h4-6,11-14,17-21,26,32,36,40,43H,2-3,7-10,15-16,22-25,27-29H2,1H3,(H,41,44)/t36-,48?/m0/s1. The fourth-order valence-corrected chi connectivity index (χ4v) is 7.95. The molecule has 48 heavy (non-hydrogen) atoms. The van der Waals surface area contributed by atoms with Crippen molar-refractivity contribution in [3.63, 3.8) is 0 Å². The van der Waals surface area contributed by atoms with Crippen LogP contribution < -0.4 is 15.6 Å². The van der Waals surface area contributed by atoms with E-state index in [1.807, 2.05) is 54.6 Å². The van der Waals surface area contributed by atoms with Crippen molar-refractivity contribution in [1.82, 2.24) is 15.2 Å². The second-order valence-corrected chi connectivity index (χ2v) is 14.6. The number of aromatic nitrogens is 1. The van der Waals surface area contributed by atoms with Gasteiger partial charge in [0.1, 0.15) is 17.6 Å². The summed E-state index contributed by atoms with van der Waals surface area (Å²) in [7, 11) is 2.10. The molecule has 1 unspecified atom stereocenters. The second kappa shape index (κ2) is 19.1. The lowest BCUT2D eigenvalue weighted by molar-refractivity contribution is 0.106. The topological polar surface area (TPSA) is 110 Å². The molecule has 0 bridgehead atoms. The quantitative estimate of drug-likeness (QED) is 0.0727. The minimum atomic E-state index is -0.891. The molecule has 0 spiro atoms. The van der Waals surface area contributed by atoms with Gasteiger partial charge in [-0.1, -0.05) is 61.4 Å². The minimum Gasteiger partial charge on any atom is -0.611 e. The number of aliphatic hydroxyl groups is 1. The molecule has 0 saturated heterocycles. The molecular weight excluding hydrogens is 623 g/mol. The van der Waals surface area contributed by atoms with E-state index in [9.17, 15) is 14.5 Å². The number of hydrogen-bond donors (Lipinski definition) is 3. The number of unbranched alkanes of at least 4 members (excludes halogenated alkanes) is 3. The third-order valence-electron chi connectivity index (χ3n) is 9.02. The SMILES string of the molecule is CN(CCOCCCCCCNC[C@H](O)c1ccc(OCc2ccccc2)c2[nH]c(=O)ccc12)Cc1cccc([S+]([O-])C2CCCC2)c1. The van der Waals surface area contributed by atoms with Gasteiger partial charge >= 0.3 is 0 Å². The summed E-state index contributed by atoms with van der Waals surface area (Å²) >= 11 is -0.891. The maximum Gasteiger partial charge on any atom is 0.248 e. The Morgan fingerprint density at radius 2 is 1.75 bits per heavy atom. The van der Waals surface area contributed by atoms with Crippen molar-refractivity contribution in [2.24, 2.45) is 0 Å². The van der Waals surface area contributed by atoms with E-state index in [0.29, 0.717) is 36.3 Å². The number of hydrogen-bond acceptors (Lipinski definition) is 7. The first-order valence-corrected chi connectivity index (χ1v) is 18.7. The summed E-state index contributed by atoms with van der Waals surface area (Å²) in [6.07, 6.45) is 8.13. The molecule has 1 saturated carbocycles. The summed E-state index contributed by atoms with van der Waals surface area (Å²) in [4.78, 5) is 18.2. The number of likely N-dealkylation sites (N-methyl/N-ethyl adjacent to an activating group) is 1. The Bertz CT molecular complexity index is 1590. The van der Waals surface area contributed by atoms with E-state index in [1.165, 1.54) is 24.5 Å². The number of nitrogens with one attached hydrogen (secondary N) is 2. The molecule has 3 aromatic carbocycles. The van der Waals surface area contributed by atoms with Crippen LogP contribution in [0.5, 0.6) is 5.75 Å². The maximum atomic E-state index is 12.9. The molecule has 1 aliphatic carbocycles. The van der Waals surface area contributed by atoms with E-state index >= 15 is 0 Å². The molecule has 2 atom stereocenters. The van der Waals surface area contributed by atoms with E-state index in [1.54, 1.807) is 6.07 Å². The van der Waals surface area contributed by atoms with Gasteiger partial charge in [-0.2, -0.15) is 0 Å². The molecule has 5 rings (SSSR count). The van der Waals surface area contributed by atoms with Crippen LogP contribution in [0.3, 0.4) is 0 Å². The third kappa shape index (κ3) is 10.9. The summed E-state index contributed by atoms with van der Waals surface area (Å²) in [5.74, 6) is 0.585. The first-order valence-electron chi connectivity index (χ1n) is 17.4. The largest absolute Gasteiger partial charge is 0.611 e. The Balaban J connectivity index is 0.932. The summed E-state index contributed by atoms with van der Waals surface area (Å²) in [5.41, 5.74) is 3.39. The molecule has 0 radical (unpaired) electrons. The predicted octanol–water partition coefficient (Wildman–Crippen LogP) is 6.49. The van der Waals surface area contributed by atoms with Crippen LogP contribution in [-0.2, 0) is 29.1 Å². The lowest BCUT2D eigenvalue weighted by Crippen LogP contribution is -2.23. The molecular formula is C39H51N3O5S. The van der Waals surface area contributed by atoms with E-state index in [4.69, 9.17) is 9.47 Å². The van der Waals surface area contributed by atoms with Gasteiger partial charge < -0.3 is 29.4 Å². The van der Waals surface area contributed by atoms with Gasteiger partial charge in [-0.15, -0.1) is 0 Å². The van der Waals surface area contributed by atoms with Gasteiger partial charge in [0.05, 0.1) is 18.2 Å². The van der Waals surface area contributed by atoms with Crippen LogP contribution in [-0.4, -0.2) is 64.7 Å². The number of nitrogens with zero attached hydrogens (tertiary/aromatic N) is 1. The van der Waals surface area contributed by atoms with Gasteiger partial charge in [0.25, 0.3) is 0 Å². The van der Waals surface area contributed by atoms with E-state index in [0.717, 1.165) is 86.2 Å². The average Bonchev–Trinajstić information content (AvgIpc) is 3.65. The zero-order chi connectivity index (χ0) is 33.6. The van der Waals surface area contributed by atoms with Gasteiger partial charge in [-0.3, -0.25) is 9.69 Å². The van der Waals surface area contributed by atoms with Crippen LogP contribution >= 0.6 is 0 Å². The number of fused-ring (bicyclic) bond motifs is 1. The lowest BCUT2D eigenvalue weighted by Gasteiger charge is -2.19. The van der Waals surface area contributed by atoms with E-state index in [2.05, 4.69) is 34.4 Å². The van der Waals surface area contributed by atoms with Gasteiger partial charge in [0, 0.05) is 37.7 Å². The second-order valence-electron chi connectivity index (χ2n) is 12.9. The van der Waals surface area contributed by atoms with Crippen LogP contribution in [0.2, 0.25) is 0 Å². The summed E-state index contributed by atoms with van der Waals surface area (Å²) in [6, 6.07) is 25.1. The Hall–Kier alpha value is -3.18. The highest BCUT2D eigenvalue weighted by Crippen LogP contribution is 2.31. The summed E-state index contributed by atoms with van der Waals surface area (Å²) in [6.45, 7) is 4.79. The molecule has 1 aliphatic rings. The highest BCUT2D eigenvalue weighted by Gasteiger charge is 2.28. The van der Waals surface area contributed by atoms with Gasteiger partial charge in [-0.25, -0.2) is 0 Å². The molecule has 258 valence electrons. The number of ether oxygens (including phenoxy) is 2. The number of benzene rings is 3. The van der Waals surface area contributed by atoms with Gasteiger partial charge in [0.2, 0.25) is 5.56 Å². The monoisotopic (exact) mass is 673 g/mol. The van der Waals surface area contributed by atoms with Crippen molar-refractivity contribution in [2.75, 3.05) is 39.9 Å². The third-order valence-corrected chi connectivity index (χ3v) is 10.8. The highest BCUT2D eigenvalue weighted by atomic mass is 32.2. The fraction of sp³-hybridized carbons (Fsp3) is 0.462. The number of pyridine rings is 1. The minimum absolute atomic E-state index is 0.207. The van der Waals surface area contributed by atoms with Crippen molar-refractivity contribution in [3.8, 4) is 5.75 Å². The Morgan fingerprint density at radius 1 is 0.958 bits per heavy atom. The average molecular weight is 674 g/mol. The van der Waals surface area contributed by atoms with Crippen molar-refractivity contribution in [2.45, 2.75) is 80.8 Å². The molecule has 1 fully saturated rings. The molecule has 9 heteroatoms. The summed E-state index contributed by atoms with van der Waals surface area (Å²) in [5, 5.41) is 15.5. The van der Waals surface area contributed by atoms with Crippen LogP contribution in [0.4, 0.5) is 0 Å². The number of aromatic amines is 1. The first-order chi connectivity index (χ1) is 23.5. The zero-order valence-electron chi connectivity index (χ0n) is 28.2. The van der Waals surface area contributed by atoms with E-state index in [-0.39, 0.29) is 5.56 Å². The summed E-state index contributed by atoms with van der Waals surface area (Å²) < 4.78 is 24.8. The highest BCUT2D eigenvalue weighted by molar-refractivity contribution is 7.92. The van der Waals surface area contributed by atoms with Crippen LogP contribution in [0.1, 0.15) is 74.2 Å². The maximum absolute atomic E-state index is 12.9. The van der Waals surface area contributed by atoms with Crippen molar-refractivity contribution in [3.05, 3.63) is 106 Å². The smallest absolute Gasteiger partial charge is 0.248 e. The molecule has 1 heterocycles. The number of aliphatic hydroxyl groups excluding tert-OH is 1. The first kappa shape index (κ1) is 36.1. The Labute approximate surface area is 288 Å². The van der Waals surface area contributed by atoms with Gasteiger partial charge in [0.15, 0.2) is 4.90 Å².